The minimum atomic E-state index is 0.425. The van der Waals surface area contributed by atoms with Gasteiger partial charge in [0.15, 0.2) is 0 Å². The van der Waals surface area contributed by atoms with Gasteiger partial charge in [-0.15, -0.1) is 0 Å². The lowest BCUT2D eigenvalue weighted by Crippen LogP contribution is -2.15. The lowest BCUT2D eigenvalue weighted by Gasteiger charge is -2.21. The number of nitrogens with zero attached hydrogens (tertiary/aromatic N) is 1. The molecule has 2 heterocycles. The van der Waals surface area contributed by atoms with Crippen LogP contribution in [0.2, 0.25) is 0 Å². The van der Waals surface area contributed by atoms with Crippen LogP contribution < -0.4 is 10.1 Å². The Morgan fingerprint density at radius 2 is 2.29 bits per heavy atom. The number of aryl methyl sites for hydroxylation is 1. The minimum Gasteiger partial charge on any atom is -0.492 e. The van der Waals surface area contributed by atoms with Crippen molar-refractivity contribution in [2.45, 2.75) is 31.7 Å². The van der Waals surface area contributed by atoms with Crippen molar-refractivity contribution in [3.8, 4) is 11.8 Å². The van der Waals surface area contributed by atoms with Gasteiger partial charge < -0.3 is 10.1 Å². The molecule has 1 N–H and O–H groups in total. The van der Waals surface area contributed by atoms with Crippen LogP contribution in [0.1, 0.15) is 42.0 Å². The van der Waals surface area contributed by atoms with E-state index in [9.17, 15) is 5.26 Å². The second kappa shape index (κ2) is 4.38. The Morgan fingerprint density at radius 3 is 3.06 bits per heavy atom. The largest absolute Gasteiger partial charge is 0.492 e. The average Bonchev–Trinajstić information content (AvgIpc) is 2.91. The summed E-state index contributed by atoms with van der Waals surface area (Å²) in [6.07, 6.45) is 4.48. The van der Waals surface area contributed by atoms with E-state index in [2.05, 4.69) is 17.5 Å². The van der Waals surface area contributed by atoms with E-state index in [1.807, 2.05) is 6.07 Å². The molecule has 1 atom stereocenters. The van der Waals surface area contributed by atoms with E-state index in [4.69, 9.17) is 4.74 Å². The van der Waals surface area contributed by atoms with Gasteiger partial charge in [0.2, 0.25) is 0 Å². The van der Waals surface area contributed by atoms with Crippen LogP contribution in [0.15, 0.2) is 12.1 Å². The highest BCUT2D eigenvalue weighted by molar-refractivity contribution is 5.52. The van der Waals surface area contributed by atoms with Crippen LogP contribution in [0.5, 0.6) is 5.75 Å². The molecule has 1 saturated heterocycles. The Labute approximate surface area is 101 Å². The Kier molecular flexibility index (Phi) is 2.74. The van der Waals surface area contributed by atoms with Gasteiger partial charge in [-0.05, 0) is 49.4 Å². The molecule has 2 aliphatic rings. The number of hydrogen-bond donors (Lipinski definition) is 1. The lowest BCUT2D eigenvalue weighted by atomic mass is 9.95. The monoisotopic (exact) mass is 228 g/mol. The van der Waals surface area contributed by atoms with Crippen molar-refractivity contribution in [2.24, 2.45) is 0 Å². The van der Waals surface area contributed by atoms with Crippen molar-refractivity contribution in [2.75, 3.05) is 13.2 Å². The van der Waals surface area contributed by atoms with E-state index in [0.717, 1.165) is 31.7 Å². The Balaban J connectivity index is 2.03. The third-order valence-corrected chi connectivity index (χ3v) is 3.61. The number of hydrogen-bond acceptors (Lipinski definition) is 3. The van der Waals surface area contributed by atoms with Crippen molar-refractivity contribution in [3.05, 3.63) is 28.8 Å². The molecule has 0 aliphatic carbocycles. The summed E-state index contributed by atoms with van der Waals surface area (Å²) in [5.41, 5.74) is 3.16. The molecule has 3 rings (SSSR count). The molecule has 0 saturated carbocycles. The molecule has 0 spiro atoms. The van der Waals surface area contributed by atoms with E-state index in [1.165, 1.54) is 24.0 Å². The van der Waals surface area contributed by atoms with Crippen LogP contribution in [0.4, 0.5) is 0 Å². The van der Waals surface area contributed by atoms with E-state index in [1.54, 1.807) is 0 Å². The van der Waals surface area contributed by atoms with Crippen LogP contribution in [0.25, 0.3) is 0 Å². The number of nitriles is 1. The van der Waals surface area contributed by atoms with Crippen molar-refractivity contribution in [1.29, 1.82) is 5.26 Å². The van der Waals surface area contributed by atoms with Gasteiger partial charge in [-0.1, -0.05) is 6.07 Å². The number of nitrogens with one attached hydrogen (secondary N) is 1. The van der Waals surface area contributed by atoms with E-state index < -0.39 is 0 Å². The maximum absolute atomic E-state index is 9.21. The van der Waals surface area contributed by atoms with Crippen LogP contribution in [0, 0.1) is 11.3 Å². The van der Waals surface area contributed by atoms with Gasteiger partial charge in [0.05, 0.1) is 12.2 Å². The first-order valence-electron chi connectivity index (χ1n) is 6.31. The molecule has 0 radical (unpaired) electrons. The molecule has 3 nitrogen and oxygen atoms in total. The number of ether oxygens (including phenoxy) is 1. The van der Waals surface area contributed by atoms with Crippen molar-refractivity contribution < 1.29 is 4.74 Å². The third-order valence-electron chi connectivity index (χ3n) is 3.61. The summed E-state index contributed by atoms with van der Waals surface area (Å²) >= 11 is 0. The number of rotatable bonds is 1. The molecule has 0 aromatic heterocycles. The molecule has 0 bridgehead atoms. The van der Waals surface area contributed by atoms with Gasteiger partial charge in [-0.25, -0.2) is 0 Å². The molecule has 0 unspecified atom stereocenters. The Hall–Kier alpha value is -1.53. The quantitative estimate of drug-likeness (QED) is 0.802. The summed E-state index contributed by atoms with van der Waals surface area (Å²) in [5, 5.41) is 12.7. The van der Waals surface area contributed by atoms with Crippen molar-refractivity contribution >= 4 is 0 Å². The summed E-state index contributed by atoms with van der Waals surface area (Å²) < 4.78 is 5.62. The summed E-state index contributed by atoms with van der Waals surface area (Å²) in [6.45, 7) is 1.82. The lowest BCUT2D eigenvalue weighted by molar-refractivity contribution is 0.287. The smallest absolute Gasteiger partial charge is 0.140 e. The SMILES string of the molecule is N#Cc1cc([C@@H]2CCCN2)cc2c1OCCC2. The highest BCUT2D eigenvalue weighted by atomic mass is 16.5. The van der Waals surface area contributed by atoms with Gasteiger partial charge in [0, 0.05) is 6.04 Å². The van der Waals surface area contributed by atoms with E-state index in [0.29, 0.717) is 11.6 Å². The highest BCUT2D eigenvalue weighted by Gasteiger charge is 2.21. The molecular formula is C14H16N2O. The predicted molar refractivity (Wildman–Crippen MR) is 65.0 cm³/mol. The van der Waals surface area contributed by atoms with Gasteiger partial charge in [0.1, 0.15) is 11.8 Å². The van der Waals surface area contributed by atoms with Crippen molar-refractivity contribution in [3.63, 3.8) is 0 Å². The first-order chi connectivity index (χ1) is 8.38. The zero-order chi connectivity index (χ0) is 11.7. The number of fused-ring (bicyclic) bond motifs is 1. The molecule has 3 heteroatoms. The van der Waals surface area contributed by atoms with E-state index >= 15 is 0 Å². The third kappa shape index (κ3) is 1.89. The van der Waals surface area contributed by atoms with Crippen LogP contribution >= 0.6 is 0 Å². The molecule has 2 aliphatic heterocycles. The molecule has 1 aromatic rings. The predicted octanol–water partition coefficient (Wildman–Crippen LogP) is 2.31. The number of benzene rings is 1. The fourth-order valence-electron chi connectivity index (χ4n) is 2.76. The van der Waals surface area contributed by atoms with Crippen LogP contribution in [0.3, 0.4) is 0 Å². The molecular weight excluding hydrogens is 212 g/mol. The van der Waals surface area contributed by atoms with Crippen LogP contribution in [-0.4, -0.2) is 13.2 Å². The molecule has 88 valence electrons. The van der Waals surface area contributed by atoms with Gasteiger partial charge in [-0.2, -0.15) is 5.26 Å². The molecule has 1 fully saturated rings. The molecule has 0 amide bonds. The first-order valence-corrected chi connectivity index (χ1v) is 6.31. The average molecular weight is 228 g/mol. The Morgan fingerprint density at radius 1 is 1.35 bits per heavy atom. The fraction of sp³-hybridized carbons (Fsp3) is 0.500. The summed E-state index contributed by atoms with van der Waals surface area (Å²) in [7, 11) is 0. The standard InChI is InChI=1S/C14H16N2O/c15-9-12-8-11(13-4-1-5-16-13)7-10-3-2-6-17-14(10)12/h7-8,13,16H,1-6H2/t13-/m0/s1. The zero-order valence-corrected chi connectivity index (χ0v) is 9.83. The van der Waals surface area contributed by atoms with Gasteiger partial charge in [0.25, 0.3) is 0 Å². The highest BCUT2D eigenvalue weighted by Crippen LogP contribution is 2.33. The maximum atomic E-state index is 9.21. The second-order valence-corrected chi connectivity index (χ2v) is 4.77. The minimum absolute atomic E-state index is 0.425. The zero-order valence-electron chi connectivity index (χ0n) is 9.83. The van der Waals surface area contributed by atoms with Gasteiger partial charge in [-0.3, -0.25) is 0 Å². The Bertz CT molecular complexity index is 470. The molecule has 1 aromatic carbocycles. The summed E-state index contributed by atoms with van der Waals surface area (Å²) in [6, 6.07) is 6.91. The first kappa shape index (κ1) is 10.6. The molecule has 17 heavy (non-hydrogen) atoms. The van der Waals surface area contributed by atoms with E-state index in [-0.39, 0.29) is 0 Å². The normalized spacial score (nSPS) is 22.6. The summed E-state index contributed by atoms with van der Waals surface area (Å²) in [5.74, 6) is 0.820. The maximum Gasteiger partial charge on any atom is 0.140 e. The second-order valence-electron chi connectivity index (χ2n) is 4.77. The van der Waals surface area contributed by atoms with Gasteiger partial charge >= 0.3 is 0 Å². The van der Waals surface area contributed by atoms with Crippen molar-refractivity contribution in [1.82, 2.24) is 5.32 Å². The van der Waals surface area contributed by atoms with Crippen LogP contribution in [-0.2, 0) is 6.42 Å². The summed E-state index contributed by atoms with van der Waals surface area (Å²) in [4.78, 5) is 0. The topological polar surface area (TPSA) is 45.0 Å². The fourth-order valence-corrected chi connectivity index (χ4v) is 2.76.